The smallest absolute Gasteiger partial charge is 0.222 e. The second-order valence-electron chi connectivity index (χ2n) is 6.16. The van der Waals surface area contributed by atoms with Gasteiger partial charge in [0.2, 0.25) is 5.95 Å². The highest BCUT2D eigenvalue weighted by Gasteiger charge is 2.18. The molecule has 4 N–H and O–H groups in total. The number of H-pyrrole nitrogens is 1. The van der Waals surface area contributed by atoms with Crippen molar-refractivity contribution in [2.75, 3.05) is 17.6 Å². The van der Waals surface area contributed by atoms with E-state index in [9.17, 15) is 4.39 Å². The Hall–Kier alpha value is -3.59. The van der Waals surface area contributed by atoms with Gasteiger partial charge in [0, 0.05) is 48.4 Å². The van der Waals surface area contributed by atoms with Gasteiger partial charge in [-0.05, 0) is 18.2 Å². The average Bonchev–Trinajstić information content (AvgIpc) is 3.24. The van der Waals surface area contributed by atoms with Gasteiger partial charge in [0.25, 0.3) is 0 Å². The van der Waals surface area contributed by atoms with Crippen LogP contribution in [0.4, 0.5) is 16.2 Å². The number of rotatable bonds is 6. The van der Waals surface area contributed by atoms with Crippen molar-refractivity contribution in [1.82, 2.24) is 29.9 Å². The van der Waals surface area contributed by atoms with Crippen LogP contribution in [-0.2, 0) is 6.42 Å². The van der Waals surface area contributed by atoms with Crippen LogP contribution in [0.1, 0.15) is 5.69 Å². The molecule has 3 heterocycles. The van der Waals surface area contributed by atoms with Crippen LogP contribution in [0.15, 0.2) is 49.4 Å². The molecule has 0 aliphatic carbocycles. The molecule has 0 aliphatic rings. The van der Waals surface area contributed by atoms with E-state index in [0.29, 0.717) is 41.2 Å². The third kappa shape index (κ3) is 4.14. The Morgan fingerprint density at radius 2 is 1.90 bits per heavy atom. The molecule has 0 radical (unpaired) electrons. The number of nitrogens with one attached hydrogen (secondary N) is 2. The van der Waals surface area contributed by atoms with Gasteiger partial charge in [-0.2, -0.15) is 4.98 Å². The molecule has 0 bridgehead atoms. The van der Waals surface area contributed by atoms with Crippen molar-refractivity contribution >= 4 is 23.4 Å². The number of nitrogens with zero attached hydrogens (tertiary/aromatic N) is 5. The van der Waals surface area contributed by atoms with Gasteiger partial charge < -0.3 is 16.0 Å². The largest absolute Gasteiger partial charge is 0.369 e. The van der Waals surface area contributed by atoms with Gasteiger partial charge in [0.1, 0.15) is 18.0 Å². The van der Waals surface area contributed by atoms with E-state index in [4.69, 9.17) is 17.3 Å². The highest BCUT2D eigenvalue weighted by molar-refractivity contribution is 6.31. The summed E-state index contributed by atoms with van der Waals surface area (Å²) in [5.74, 6) is 0.0762. The van der Waals surface area contributed by atoms with Crippen molar-refractivity contribution in [2.24, 2.45) is 0 Å². The fraction of sp³-hybridized carbons (Fsp3) is 0.105. The molecule has 29 heavy (non-hydrogen) atoms. The van der Waals surface area contributed by atoms with Crippen LogP contribution in [-0.4, -0.2) is 36.4 Å². The first-order valence-corrected chi connectivity index (χ1v) is 9.09. The number of aromatic amines is 1. The van der Waals surface area contributed by atoms with Crippen LogP contribution in [0.5, 0.6) is 0 Å². The SMILES string of the molecule is Nc1nc(NCCc2cnc[nH]2)c(-c2cncnc2)c(-c2ccc(F)c(Cl)c2)n1. The van der Waals surface area contributed by atoms with E-state index in [1.54, 1.807) is 31.0 Å². The molecule has 0 saturated heterocycles. The van der Waals surface area contributed by atoms with Crippen molar-refractivity contribution in [3.63, 3.8) is 0 Å². The molecule has 1 aromatic carbocycles. The van der Waals surface area contributed by atoms with E-state index in [-0.39, 0.29) is 11.0 Å². The fourth-order valence-electron chi connectivity index (χ4n) is 2.90. The highest BCUT2D eigenvalue weighted by Crippen LogP contribution is 2.36. The summed E-state index contributed by atoms with van der Waals surface area (Å²) >= 11 is 5.98. The molecule has 10 heteroatoms. The number of imidazole rings is 1. The number of hydrogen-bond donors (Lipinski definition) is 3. The molecule has 4 rings (SSSR count). The molecule has 4 aromatic rings. The van der Waals surface area contributed by atoms with Crippen molar-refractivity contribution in [3.05, 3.63) is 66.0 Å². The lowest BCUT2D eigenvalue weighted by Gasteiger charge is -2.16. The van der Waals surface area contributed by atoms with E-state index in [1.807, 2.05) is 0 Å². The van der Waals surface area contributed by atoms with E-state index in [0.717, 1.165) is 5.69 Å². The Morgan fingerprint density at radius 1 is 1.07 bits per heavy atom. The number of anilines is 2. The minimum absolute atomic E-state index is 0.0105. The van der Waals surface area contributed by atoms with Gasteiger partial charge in [-0.25, -0.2) is 24.3 Å². The second-order valence-corrected chi connectivity index (χ2v) is 6.57. The van der Waals surface area contributed by atoms with Crippen molar-refractivity contribution in [2.45, 2.75) is 6.42 Å². The van der Waals surface area contributed by atoms with Crippen LogP contribution in [0.3, 0.4) is 0 Å². The maximum Gasteiger partial charge on any atom is 0.222 e. The lowest BCUT2D eigenvalue weighted by molar-refractivity contribution is 0.628. The molecule has 3 aromatic heterocycles. The lowest BCUT2D eigenvalue weighted by Crippen LogP contribution is -2.11. The summed E-state index contributed by atoms with van der Waals surface area (Å²) in [6, 6.07) is 4.37. The first-order valence-electron chi connectivity index (χ1n) is 8.71. The predicted molar refractivity (Wildman–Crippen MR) is 109 cm³/mol. The van der Waals surface area contributed by atoms with Crippen LogP contribution in [0, 0.1) is 5.82 Å². The molecule has 0 saturated carbocycles. The molecule has 0 fully saturated rings. The first kappa shape index (κ1) is 18.8. The summed E-state index contributed by atoms with van der Waals surface area (Å²) in [5.41, 5.74) is 9.37. The number of nitrogen functional groups attached to an aromatic ring is 1. The Morgan fingerprint density at radius 3 is 2.62 bits per heavy atom. The third-order valence-corrected chi connectivity index (χ3v) is 4.50. The molecular weight excluding hydrogens is 395 g/mol. The normalized spacial score (nSPS) is 10.8. The highest BCUT2D eigenvalue weighted by atomic mass is 35.5. The van der Waals surface area contributed by atoms with Crippen LogP contribution in [0.2, 0.25) is 5.02 Å². The Kier molecular flexibility index (Phi) is 5.30. The minimum atomic E-state index is -0.514. The maximum atomic E-state index is 13.7. The average molecular weight is 411 g/mol. The lowest BCUT2D eigenvalue weighted by atomic mass is 10.0. The summed E-state index contributed by atoms with van der Waals surface area (Å²) < 4.78 is 13.7. The van der Waals surface area contributed by atoms with Gasteiger partial charge in [-0.3, -0.25) is 0 Å². The van der Waals surface area contributed by atoms with Gasteiger partial charge in [-0.15, -0.1) is 0 Å². The van der Waals surface area contributed by atoms with Gasteiger partial charge in [0.05, 0.1) is 22.6 Å². The zero-order valence-electron chi connectivity index (χ0n) is 15.1. The first-order chi connectivity index (χ1) is 14.1. The van der Waals surface area contributed by atoms with Crippen LogP contribution >= 0.6 is 11.6 Å². The quantitative estimate of drug-likeness (QED) is 0.446. The van der Waals surface area contributed by atoms with Crippen molar-refractivity contribution < 1.29 is 4.39 Å². The van der Waals surface area contributed by atoms with Gasteiger partial charge in [0.15, 0.2) is 0 Å². The van der Waals surface area contributed by atoms with E-state index < -0.39 is 5.82 Å². The van der Waals surface area contributed by atoms with Crippen molar-refractivity contribution in [3.8, 4) is 22.4 Å². The number of hydrogen-bond acceptors (Lipinski definition) is 7. The van der Waals surface area contributed by atoms with E-state index in [2.05, 4.69) is 35.2 Å². The molecule has 0 amide bonds. The topological polar surface area (TPSA) is 118 Å². The summed E-state index contributed by atoms with van der Waals surface area (Å²) in [4.78, 5) is 24.0. The molecule has 0 spiro atoms. The number of halogens is 2. The monoisotopic (exact) mass is 410 g/mol. The fourth-order valence-corrected chi connectivity index (χ4v) is 3.08. The summed E-state index contributed by atoms with van der Waals surface area (Å²) in [6.45, 7) is 0.572. The zero-order valence-corrected chi connectivity index (χ0v) is 15.9. The van der Waals surface area contributed by atoms with Crippen LogP contribution < -0.4 is 11.1 Å². The van der Waals surface area contributed by atoms with Crippen LogP contribution in [0.25, 0.3) is 22.4 Å². The number of aromatic nitrogens is 6. The summed E-state index contributed by atoms with van der Waals surface area (Å²) in [6.07, 6.45) is 8.82. The summed E-state index contributed by atoms with van der Waals surface area (Å²) in [7, 11) is 0. The molecule has 146 valence electrons. The molecule has 0 unspecified atom stereocenters. The number of nitrogens with two attached hydrogens (primary N) is 1. The maximum absolute atomic E-state index is 13.7. The standard InChI is InChI=1S/C19H16ClFN8/c20-14-5-11(1-2-15(14)21)17-16(12-6-23-9-24-7-12)18(29-19(22)28-17)26-4-3-13-8-25-10-27-13/h1-2,5-10H,3-4H2,(H,25,27)(H3,22,26,28,29). The predicted octanol–water partition coefficient (Wildman–Crippen LogP) is 3.35. The van der Waals surface area contributed by atoms with E-state index in [1.165, 1.54) is 18.5 Å². The molecule has 0 atom stereocenters. The Labute approximate surface area is 170 Å². The third-order valence-electron chi connectivity index (χ3n) is 4.21. The van der Waals surface area contributed by atoms with Crippen molar-refractivity contribution in [1.29, 1.82) is 0 Å². The second kappa shape index (κ2) is 8.19. The van der Waals surface area contributed by atoms with E-state index >= 15 is 0 Å². The molecule has 0 aliphatic heterocycles. The Bertz CT molecular complexity index is 1120. The minimum Gasteiger partial charge on any atom is -0.369 e. The number of benzene rings is 1. The molecular formula is C19H16ClFN8. The summed E-state index contributed by atoms with van der Waals surface area (Å²) in [5, 5.41) is 3.28. The zero-order chi connectivity index (χ0) is 20.2. The Balaban J connectivity index is 1.79. The van der Waals surface area contributed by atoms with Gasteiger partial charge in [-0.1, -0.05) is 11.6 Å². The van der Waals surface area contributed by atoms with Gasteiger partial charge >= 0.3 is 0 Å². The molecule has 8 nitrogen and oxygen atoms in total.